The molecule has 0 aliphatic rings. The Morgan fingerprint density at radius 3 is 2.65 bits per heavy atom. The molecule has 1 N–H and O–H groups in total. The average molecular weight is 271 g/mol. The molecule has 0 saturated carbocycles. The molecule has 5 nitrogen and oxygen atoms in total. The highest BCUT2D eigenvalue weighted by atomic mass is 19.1. The minimum atomic E-state index is -1.10. The molecule has 0 fully saturated rings. The number of hydrogen-bond acceptors (Lipinski definition) is 3. The number of rotatable bonds is 2. The van der Waals surface area contributed by atoms with Crippen LogP contribution in [0.5, 0.6) is 0 Å². The van der Waals surface area contributed by atoms with Crippen LogP contribution >= 0.6 is 0 Å². The second-order valence-electron chi connectivity index (χ2n) is 4.42. The molecule has 0 amide bonds. The Hall–Kier alpha value is -2.76. The van der Waals surface area contributed by atoms with Crippen molar-refractivity contribution in [2.24, 2.45) is 0 Å². The normalized spacial score (nSPS) is 10.9. The number of carboxylic acids is 1. The third kappa shape index (κ3) is 2.01. The van der Waals surface area contributed by atoms with E-state index in [1.807, 2.05) is 6.92 Å². The summed E-state index contributed by atoms with van der Waals surface area (Å²) in [5.41, 5.74) is 2.61. The molecular formula is C14H10FN3O2. The second kappa shape index (κ2) is 4.41. The lowest BCUT2D eigenvalue weighted by Crippen LogP contribution is -1.96. The van der Waals surface area contributed by atoms with Gasteiger partial charge in [0.05, 0.1) is 11.9 Å². The Kier molecular flexibility index (Phi) is 2.71. The van der Waals surface area contributed by atoms with Crippen LogP contribution < -0.4 is 0 Å². The van der Waals surface area contributed by atoms with Gasteiger partial charge in [0.25, 0.3) is 0 Å². The summed E-state index contributed by atoms with van der Waals surface area (Å²) in [6.07, 6.45) is 1.36. The Labute approximate surface area is 113 Å². The van der Waals surface area contributed by atoms with Crippen molar-refractivity contribution in [3.05, 3.63) is 53.6 Å². The lowest BCUT2D eigenvalue weighted by Gasteiger charge is -2.04. The Morgan fingerprint density at radius 1 is 1.30 bits per heavy atom. The minimum absolute atomic E-state index is 0.0585. The molecule has 0 bridgehead atoms. The maximum atomic E-state index is 12.9. The van der Waals surface area contributed by atoms with E-state index < -0.39 is 5.97 Å². The first kappa shape index (κ1) is 12.3. The largest absolute Gasteiger partial charge is 0.476 e. The van der Waals surface area contributed by atoms with Crippen LogP contribution in [0.4, 0.5) is 4.39 Å². The summed E-state index contributed by atoms with van der Waals surface area (Å²) in [6.45, 7) is 1.82. The van der Waals surface area contributed by atoms with E-state index in [2.05, 4.69) is 10.1 Å². The van der Waals surface area contributed by atoms with E-state index in [-0.39, 0.29) is 11.5 Å². The number of carbonyl (C=O) groups is 1. The molecule has 0 spiro atoms. The van der Waals surface area contributed by atoms with E-state index >= 15 is 0 Å². The van der Waals surface area contributed by atoms with Gasteiger partial charge in [-0.2, -0.15) is 5.10 Å². The molecule has 6 heteroatoms. The summed E-state index contributed by atoms with van der Waals surface area (Å²) in [5, 5.41) is 13.3. The van der Waals surface area contributed by atoms with Crippen LogP contribution in [0.3, 0.4) is 0 Å². The van der Waals surface area contributed by atoms with Gasteiger partial charge in [0.15, 0.2) is 11.3 Å². The fraction of sp³-hybridized carbons (Fsp3) is 0.0714. The molecular weight excluding hydrogens is 261 g/mol. The monoisotopic (exact) mass is 271 g/mol. The zero-order chi connectivity index (χ0) is 14.3. The van der Waals surface area contributed by atoms with Crippen molar-refractivity contribution in [3.8, 4) is 11.3 Å². The first-order valence-corrected chi connectivity index (χ1v) is 5.91. The minimum Gasteiger partial charge on any atom is -0.476 e. The quantitative estimate of drug-likeness (QED) is 0.777. The number of aromatic nitrogens is 3. The number of imidazole rings is 1. The average Bonchev–Trinajstić information content (AvgIpc) is 2.84. The molecule has 3 aromatic rings. The molecule has 2 aromatic heterocycles. The van der Waals surface area contributed by atoms with Crippen molar-refractivity contribution in [1.29, 1.82) is 0 Å². The lowest BCUT2D eigenvalue weighted by molar-refractivity contribution is 0.0691. The topological polar surface area (TPSA) is 67.5 Å². The number of benzene rings is 1. The Bertz CT molecular complexity index is 809. The maximum Gasteiger partial charge on any atom is 0.356 e. The van der Waals surface area contributed by atoms with Gasteiger partial charge in [-0.15, -0.1) is 0 Å². The summed E-state index contributed by atoms with van der Waals surface area (Å²) in [4.78, 5) is 14.9. The third-order valence-electron chi connectivity index (χ3n) is 2.97. The first-order valence-electron chi connectivity index (χ1n) is 5.91. The zero-order valence-electron chi connectivity index (χ0n) is 10.5. The van der Waals surface area contributed by atoms with E-state index in [0.29, 0.717) is 11.3 Å². The lowest BCUT2D eigenvalue weighted by atomic mass is 10.1. The molecule has 0 saturated heterocycles. The van der Waals surface area contributed by atoms with E-state index in [1.54, 1.807) is 18.2 Å². The number of fused-ring (bicyclic) bond motifs is 1. The number of aryl methyl sites for hydroxylation is 1. The van der Waals surface area contributed by atoms with Crippen molar-refractivity contribution in [2.75, 3.05) is 0 Å². The predicted octanol–water partition coefficient (Wildman–Crippen LogP) is 2.54. The van der Waals surface area contributed by atoms with E-state index in [4.69, 9.17) is 5.11 Å². The number of carboxylic acid groups (broad SMARTS) is 1. The van der Waals surface area contributed by atoms with Gasteiger partial charge in [0.2, 0.25) is 0 Å². The SMILES string of the molecule is Cc1cc(-c2ccc(F)cc2)nn2cc(C(=O)O)nc12. The van der Waals surface area contributed by atoms with Gasteiger partial charge < -0.3 is 5.11 Å². The fourth-order valence-electron chi connectivity index (χ4n) is 2.00. The van der Waals surface area contributed by atoms with Crippen LogP contribution in [0.1, 0.15) is 16.1 Å². The van der Waals surface area contributed by atoms with Gasteiger partial charge in [-0.1, -0.05) is 0 Å². The standard InChI is InChI=1S/C14H10FN3O2/c1-8-6-11(9-2-4-10(15)5-3-9)17-18-7-12(14(19)20)16-13(8)18/h2-7H,1H3,(H,19,20). The maximum absolute atomic E-state index is 12.9. The van der Waals surface area contributed by atoms with Gasteiger partial charge in [0.1, 0.15) is 5.82 Å². The third-order valence-corrected chi connectivity index (χ3v) is 2.97. The zero-order valence-corrected chi connectivity index (χ0v) is 10.5. The van der Waals surface area contributed by atoms with Gasteiger partial charge in [-0.05, 0) is 42.8 Å². The highest BCUT2D eigenvalue weighted by Gasteiger charge is 2.12. The number of aromatic carboxylic acids is 1. The van der Waals surface area contributed by atoms with E-state index in [1.165, 1.54) is 22.8 Å². The predicted molar refractivity (Wildman–Crippen MR) is 70.1 cm³/mol. The fourth-order valence-corrected chi connectivity index (χ4v) is 2.00. The van der Waals surface area contributed by atoms with Gasteiger partial charge in [-0.25, -0.2) is 18.7 Å². The molecule has 0 unspecified atom stereocenters. The summed E-state index contributed by atoms with van der Waals surface area (Å²) in [5.74, 6) is -1.42. The van der Waals surface area contributed by atoms with Crippen LogP contribution in [-0.2, 0) is 0 Å². The van der Waals surface area contributed by atoms with Crippen molar-refractivity contribution >= 4 is 11.6 Å². The molecule has 0 atom stereocenters. The number of hydrogen-bond donors (Lipinski definition) is 1. The Balaban J connectivity index is 2.18. The van der Waals surface area contributed by atoms with Crippen molar-refractivity contribution in [1.82, 2.24) is 14.6 Å². The summed E-state index contributed by atoms with van der Waals surface area (Å²) < 4.78 is 14.4. The van der Waals surface area contributed by atoms with Gasteiger partial charge in [0, 0.05) is 5.56 Å². The molecule has 100 valence electrons. The van der Waals surface area contributed by atoms with Crippen LogP contribution in [0.2, 0.25) is 0 Å². The summed E-state index contributed by atoms with van der Waals surface area (Å²) in [7, 11) is 0. The highest BCUT2D eigenvalue weighted by molar-refractivity contribution is 5.86. The van der Waals surface area contributed by atoms with Crippen LogP contribution in [0.25, 0.3) is 16.9 Å². The highest BCUT2D eigenvalue weighted by Crippen LogP contribution is 2.20. The van der Waals surface area contributed by atoms with Crippen molar-refractivity contribution in [2.45, 2.75) is 6.92 Å². The van der Waals surface area contributed by atoms with Crippen LogP contribution in [-0.4, -0.2) is 25.7 Å². The smallest absolute Gasteiger partial charge is 0.356 e. The van der Waals surface area contributed by atoms with E-state index in [0.717, 1.165) is 11.1 Å². The van der Waals surface area contributed by atoms with Gasteiger partial charge >= 0.3 is 5.97 Å². The second-order valence-corrected chi connectivity index (χ2v) is 4.42. The summed E-state index contributed by atoms with van der Waals surface area (Å²) in [6, 6.07) is 7.75. The molecule has 20 heavy (non-hydrogen) atoms. The molecule has 0 radical (unpaired) electrons. The first-order chi connectivity index (χ1) is 9.54. The molecule has 0 aliphatic heterocycles. The molecule has 0 aliphatic carbocycles. The van der Waals surface area contributed by atoms with E-state index in [9.17, 15) is 9.18 Å². The molecule has 2 heterocycles. The van der Waals surface area contributed by atoms with Crippen LogP contribution in [0, 0.1) is 12.7 Å². The van der Waals surface area contributed by atoms with Crippen molar-refractivity contribution in [3.63, 3.8) is 0 Å². The molecule has 1 aromatic carbocycles. The van der Waals surface area contributed by atoms with Crippen LogP contribution in [0.15, 0.2) is 36.5 Å². The van der Waals surface area contributed by atoms with Gasteiger partial charge in [-0.3, -0.25) is 0 Å². The molecule has 3 rings (SSSR count). The van der Waals surface area contributed by atoms with Crippen molar-refractivity contribution < 1.29 is 14.3 Å². The number of nitrogens with zero attached hydrogens (tertiary/aromatic N) is 3. The number of halogens is 1. The Morgan fingerprint density at radius 2 is 2.00 bits per heavy atom. The summed E-state index contributed by atoms with van der Waals surface area (Å²) >= 11 is 0.